The van der Waals surface area contributed by atoms with Gasteiger partial charge in [0.2, 0.25) is 5.95 Å². The minimum Gasteiger partial charge on any atom is -0.330 e. The molecule has 0 spiro atoms. The van der Waals surface area contributed by atoms with Gasteiger partial charge in [0, 0.05) is 5.69 Å². The molecule has 0 fully saturated rings. The van der Waals surface area contributed by atoms with Gasteiger partial charge >= 0.3 is 0 Å². The summed E-state index contributed by atoms with van der Waals surface area (Å²) in [6.45, 7) is 0.657. The minimum atomic E-state index is 0.496. The van der Waals surface area contributed by atoms with Crippen molar-refractivity contribution in [3.05, 3.63) is 54.1 Å². The zero-order valence-electron chi connectivity index (χ0n) is 11.0. The third kappa shape index (κ3) is 2.73. The molecule has 3 aromatic rings. The Morgan fingerprint density at radius 3 is 2.40 bits per heavy atom. The fraction of sp³-hybridized carbons (Fsp3) is 0.133. The number of nitrogens with zero attached hydrogens (tertiary/aromatic N) is 3. The molecule has 0 amide bonds. The second-order valence-electron chi connectivity index (χ2n) is 4.48. The van der Waals surface area contributed by atoms with E-state index in [1.165, 1.54) is 5.56 Å². The highest BCUT2D eigenvalue weighted by molar-refractivity contribution is 5.74. The average molecular weight is 265 g/mol. The van der Waals surface area contributed by atoms with Crippen molar-refractivity contribution in [3.8, 4) is 0 Å². The summed E-state index contributed by atoms with van der Waals surface area (Å²) < 4.78 is 0. The van der Waals surface area contributed by atoms with Gasteiger partial charge in [-0.1, -0.05) is 24.3 Å². The number of benzene rings is 2. The van der Waals surface area contributed by atoms with Gasteiger partial charge in [0.25, 0.3) is 0 Å². The first-order valence-corrected chi connectivity index (χ1v) is 6.50. The van der Waals surface area contributed by atoms with Gasteiger partial charge in [0.05, 0.1) is 5.52 Å². The van der Waals surface area contributed by atoms with Crippen LogP contribution in [0.2, 0.25) is 0 Å². The molecule has 1 heterocycles. The van der Waals surface area contributed by atoms with Crippen molar-refractivity contribution in [2.75, 3.05) is 11.9 Å². The van der Waals surface area contributed by atoms with Gasteiger partial charge < -0.3 is 11.1 Å². The van der Waals surface area contributed by atoms with Crippen molar-refractivity contribution in [2.24, 2.45) is 5.73 Å². The number of nitrogens with one attached hydrogen (secondary N) is 1. The van der Waals surface area contributed by atoms with Gasteiger partial charge in [-0.2, -0.15) is 0 Å². The van der Waals surface area contributed by atoms with Gasteiger partial charge in [0.15, 0.2) is 0 Å². The van der Waals surface area contributed by atoms with E-state index >= 15 is 0 Å². The van der Waals surface area contributed by atoms with Gasteiger partial charge in [0.1, 0.15) is 5.52 Å². The van der Waals surface area contributed by atoms with Gasteiger partial charge in [-0.05, 0) is 42.8 Å². The van der Waals surface area contributed by atoms with Crippen LogP contribution in [0.1, 0.15) is 5.56 Å². The predicted octanol–water partition coefficient (Wildman–Crippen LogP) is 2.27. The quantitative estimate of drug-likeness (QED) is 0.756. The zero-order chi connectivity index (χ0) is 13.8. The molecule has 0 aliphatic heterocycles. The number of aromatic nitrogens is 3. The Bertz CT molecular complexity index is 709. The molecule has 0 aliphatic rings. The maximum atomic E-state index is 5.53. The molecule has 5 nitrogen and oxygen atoms in total. The molecule has 0 radical (unpaired) electrons. The van der Waals surface area contributed by atoms with Crippen molar-refractivity contribution < 1.29 is 0 Å². The Kier molecular flexibility index (Phi) is 3.52. The Labute approximate surface area is 116 Å². The topological polar surface area (TPSA) is 76.7 Å². The molecule has 0 unspecified atom stereocenters. The first kappa shape index (κ1) is 12.5. The Balaban J connectivity index is 1.81. The number of para-hydroxylation sites is 1. The summed E-state index contributed by atoms with van der Waals surface area (Å²) in [4.78, 5) is 4.42. The molecule has 0 saturated heterocycles. The first-order valence-electron chi connectivity index (χ1n) is 6.50. The highest BCUT2D eigenvalue weighted by atomic mass is 15.2. The molecule has 5 heteroatoms. The van der Waals surface area contributed by atoms with E-state index < -0.39 is 0 Å². The third-order valence-corrected chi connectivity index (χ3v) is 3.00. The van der Waals surface area contributed by atoms with E-state index in [0.717, 1.165) is 23.1 Å². The lowest BCUT2D eigenvalue weighted by molar-refractivity contribution is 0.969. The Hall–Kier alpha value is -2.53. The monoisotopic (exact) mass is 265 g/mol. The van der Waals surface area contributed by atoms with E-state index in [4.69, 9.17) is 5.73 Å². The summed E-state index contributed by atoms with van der Waals surface area (Å²) in [6, 6.07) is 15.7. The molecule has 3 rings (SSSR count). The van der Waals surface area contributed by atoms with Crippen LogP contribution in [0.25, 0.3) is 11.0 Å². The summed E-state index contributed by atoms with van der Waals surface area (Å²) in [7, 11) is 0. The van der Waals surface area contributed by atoms with Crippen molar-refractivity contribution in [1.29, 1.82) is 0 Å². The Morgan fingerprint density at radius 1 is 0.900 bits per heavy atom. The number of nitrogens with two attached hydrogens (primary N) is 1. The van der Waals surface area contributed by atoms with Crippen LogP contribution < -0.4 is 11.1 Å². The molecule has 2 aromatic carbocycles. The fourth-order valence-electron chi connectivity index (χ4n) is 1.98. The number of fused-ring (bicyclic) bond motifs is 1. The molecule has 1 aromatic heterocycles. The van der Waals surface area contributed by atoms with Crippen molar-refractivity contribution >= 4 is 22.7 Å². The molecule has 0 atom stereocenters. The fourth-order valence-corrected chi connectivity index (χ4v) is 1.98. The van der Waals surface area contributed by atoms with Crippen LogP contribution in [0.15, 0.2) is 48.5 Å². The van der Waals surface area contributed by atoms with Gasteiger partial charge in [-0.3, -0.25) is 0 Å². The van der Waals surface area contributed by atoms with E-state index in [2.05, 4.69) is 20.5 Å². The van der Waals surface area contributed by atoms with Crippen LogP contribution in [0, 0.1) is 0 Å². The zero-order valence-corrected chi connectivity index (χ0v) is 11.0. The van der Waals surface area contributed by atoms with Gasteiger partial charge in [-0.25, -0.2) is 4.98 Å². The van der Waals surface area contributed by atoms with Crippen molar-refractivity contribution in [3.63, 3.8) is 0 Å². The molecular weight excluding hydrogens is 250 g/mol. The summed E-state index contributed by atoms with van der Waals surface area (Å²) in [5, 5.41) is 11.4. The molecular formula is C15H15N5. The van der Waals surface area contributed by atoms with E-state index in [1.54, 1.807) is 0 Å². The predicted molar refractivity (Wildman–Crippen MR) is 79.8 cm³/mol. The Morgan fingerprint density at radius 2 is 1.65 bits per heavy atom. The lowest BCUT2D eigenvalue weighted by atomic mass is 10.1. The molecule has 0 bridgehead atoms. The summed E-state index contributed by atoms with van der Waals surface area (Å²) in [5.74, 6) is 0.496. The summed E-state index contributed by atoms with van der Waals surface area (Å²) >= 11 is 0. The lowest BCUT2D eigenvalue weighted by Gasteiger charge is -2.06. The van der Waals surface area contributed by atoms with Crippen LogP contribution >= 0.6 is 0 Å². The molecule has 100 valence electrons. The average Bonchev–Trinajstić information content (AvgIpc) is 2.49. The van der Waals surface area contributed by atoms with Crippen LogP contribution in [-0.4, -0.2) is 21.7 Å². The largest absolute Gasteiger partial charge is 0.330 e. The van der Waals surface area contributed by atoms with Crippen LogP contribution in [-0.2, 0) is 6.42 Å². The highest BCUT2D eigenvalue weighted by Crippen LogP contribution is 2.15. The van der Waals surface area contributed by atoms with Crippen LogP contribution in [0.3, 0.4) is 0 Å². The highest BCUT2D eigenvalue weighted by Gasteiger charge is 2.01. The molecule has 20 heavy (non-hydrogen) atoms. The van der Waals surface area contributed by atoms with Crippen LogP contribution in [0.5, 0.6) is 0 Å². The molecule has 0 aliphatic carbocycles. The third-order valence-electron chi connectivity index (χ3n) is 3.00. The lowest BCUT2D eigenvalue weighted by Crippen LogP contribution is -2.03. The van der Waals surface area contributed by atoms with E-state index in [-0.39, 0.29) is 0 Å². The number of anilines is 2. The summed E-state index contributed by atoms with van der Waals surface area (Å²) in [5.41, 5.74) is 9.29. The minimum absolute atomic E-state index is 0.496. The number of rotatable bonds is 4. The first-order chi connectivity index (χ1) is 9.85. The maximum Gasteiger partial charge on any atom is 0.247 e. The SMILES string of the molecule is NCCc1ccc(Nc2nnc3ccccc3n2)cc1. The summed E-state index contributed by atoms with van der Waals surface area (Å²) in [6.07, 6.45) is 0.883. The second kappa shape index (κ2) is 5.63. The van der Waals surface area contributed by atoms with Crippen LogP contribution in [0.4, 0.5) is 11.6 Å². The molecule has 0 saturated carbocycles. The number of hydrogen-bond acceptors (Lipinski definition) is 5. The standard InChI is InChI=1S/C15H15N5/c16-10-9-11-5-7-12(8-6-11)17-15-18-13-3-1-2-4-14(13)19-20-15/h1-8H,9-10,16H2,(H,17,18,20). The van der Waals surface area contributed by atoms with E-state index in [9.17, 15) is 0 Å². The van der Waals surface area contributed by atoms with E-state index in [0.29, 0.717) is 12.5 Å². The second-order valence-corrected chi connectivity index (χ2v) is 4.48. The van der Waals surface area contributed by atoms with Gasteiger partial charge in [-0.15, -0.1) is 10.2 Å². The van der Waals surface area contributed by atoms with Crippen molar-refractivity contribution in [1.82, 2.24) is 15.2 Å². The maximum absolute atomic E-state index is 5.53. The number of hydrogen-bond donors (Lipinski definition) is 2. The van der Waals surface area contributed by atoms with E-state index in [1.807, 2.05) is 48.5 Å². The van der Waals surface area contributed by atoms with Crippen molar-refractivity contribution in [2.45, 2.75) is 6.42 Å². The smallest absolute Gasteiger partial charge is 0.247 e. The normalized spacial score (nSPS) is 10.7. The molecule has 3 N–H and O–H groups in total.